The van der Waals surface area contributed by atoms with E-state index in [1.165, 1.54) is 0 Å². The molecule has 5 rings (SSSR count). The van der Waals surface area contributed by atoms with Crippen LogP contribution in [0.15, 0.2) is 60.7 Å². The number of carboxylic acids is 1. The van der Waals surface area contributed by atoms with Crippen molar-refractivity contribution in [3.05, 3.63) is 83.4 Å². The zero-order valence-corrected chi connectivity index (χ0v) is 22.4. The summed E-state index contributed by atoms with van der Waals surface area (Å²) >= 11 is 0. The predicted octanol–water partition coefficient (Wildman–Crippen LogP) is 5.13. The summed E-state index contributed by atoms with van der Waals surface area (Å²) < 4.78 is 11.2. The molecule has 2 heterocycles. The molecule has 0 bridgehead atoms. The molecule has 0 saturated carbocycles. The molecule has 0 aliphatic carbocycles. The van der Waals surface area contributed by atoms with E-state index in [-0.39, 0.29) is 11.8 Å². The number of nitrogen functional groups attached to an aromatic ring is 1. The molecular weight excluding hydrogens is 508 g/mol. The Labute approximate surface area is 231 Å². The molecular formula is C30H32N6O4. The second kappa shape index (κ2) is 11.5. The highest BCUT2D eigenvalue weighted by molar-refractivity contribution is 5.98. The number of aliphatic carboxylic acids is 1. The van der Waals surface area contributed by atoms with Crippen molar-refractivity contribution in [1.82, 2.24) is 19.9 Å². The van der Waals surface area contributed by atoms with Gasteiger partial charge in [-0.1, -0.05) is 25.1 Å². The molecule has 0 amide bonds. The molecule has 0 spiro atoms. The number of nitrogens with one attached hydrogen (secondary N) is 3. The SMILES string of the molecule is CCC(Oc1ccc(CCCC(c2nc3ccccc3[nH]2)c2nc3ccc(C(=N)N)cc3[nH]2)cc1OC)C(=O)O. The van der Waals surface area contributed by atoms with E-state index in [1.54, 1.807) is 26.2 Å². The van der Waals surface area contributed by atoms with E-state index in [4.69, 9.17) is 30.6 Å². The number of aryl methyl sites for hydroxylation is 1. The molecule has 0 saturated heterocycles. The van der Waals surface area contributed by atoms with Crippen LogP contribution < -0.4 is 15.2 Å². The lowest BCUT2D eigenvalue weighted by Crippen LogP contribution is -2.26. The number of rotatable bonds is 12. The lowest BCUT2D eigenvalue weighted by molar-refractivity contribution is -0.145. The number of hydrogen-bond donors (Lipinski definition) is 5. The third-order valence-corrected chi connectivity index (χ3v) is 6.98. The number of methoxy groups -OCH3 is 1. The molecule has 206 valence electrons. The molecule has 40 heavy (non-hydrogen) atoms. The number of ether oxygens (including phenoxy) is 2. The first kappa shape index (κ1) is 26.7. The monoisotopic (exact) mass is 540 g/mol. The fourth-order valence-electron chi connectivity index (χ4n) is 4.84. The standard InChI is InChI=1S/C30H32N6O4/c1-3-24(30(37)38)40-25-14-11-17(15-26(25)39-2)7-6-8-19(28-33-20-9-4-5-10-21(20)34-28)29-35-22-13-12-18(27(31)32)16-23(22)36-29/h4-5,9-16,19,24H,3,6-8H2,1-2H3,(H3,31,32)(H,33,34)(H,35,36)(H,37,38). The Morgan fingerprint density at radius 3 is 2.40 bits per heavy atom. The first-order valence-electron chi connectivity index (χ1n) is 13.2. The topological polar surface area (TPSA) is 163 Å². The van der Waals surface area contributed by atoms with Gasteiger partial charge in [0.2, 0.25) is 0 Å². The first-order chi connectivity index (χ1) is 19.4. The van der Waals surface area contributed by atoms with Gasteiger partial charge in [0.05, 0.1) is 35.1 Å². The summed E-state index contributed by atoms with van der Waals surface area (Å²) in [5, 5.41) is 17.1. The van der Waals surface area contributed by atoms with Crippen LogP contribution in [0.2, 0.25) is 0 Å². The lowest BCUT2D eigenvalue weighted by atomic mass is 9.98. The van der Waals surface area contributed by atoms with Gasteiger partial charge in [0.25, 0.3) is 0 Å². The van der Waals surface area contributed by atoms with Crippen molar-refractivity contribution in [3.8, 4) is 11.5 Å². The van der Waals surface area contributed by atoms with Gasteiger partial charge in [-0.3, -0.25) is 5.41 Å². The number of H-pyrrole nitrogens is 2. The van der Waals surface area contributed by atoms with Crippen LogP contribution in [-0.2, 0) is 11.2 Å². The normalized spacial score (nSPS) is 12.8. The number of aromatic nitrogens is 4. The van der Waals surface area contributed by atoms with Crippen molar-refractivity contribution in [2.75, 3.05) is 7.11 Å². The fraction of sp³-hybridized carbons (Fsp3) is 0.267. The molecule has 0 fully saturated rings. The number of para-hydroxylation sites is 2. The highest BCUT2D eigenvalue weighted by atomic mass is 16.5. The number of benzene rings is 3. The van der Waals surface area contributed by atoms with Crippen LogP contribution in [0.3, 0.4) is 0 Å². The van der Waals surface area contributed by atoms with E-state index in [9.17, 15) is 9.90 Å². The third kappa shape index (κ3) is 5.61. The summed E-state index contributed by atoms with van der Waals surface area (Å²) in [5.41, 5.74) is 10.8. The minimum Gasteiger partial charge on any atom is -0.493 e. The van der Waals surface area contributed by atoms with E-state index in [0.29, 0.717) is 23.5 Å². The Hall–Kier alpha value is -4.86. The Balaban J connectivity index is 1.39. The summed E-state index contributed by atoms with van der Waals surface area (Å²) in [6.07, 6.45) is 1.77. The number of nitrogens with zero attached hydrogens (tertiary/aromatic N) is 2. The van der Waals surface area contributed by atoms with Crippen LogP contribution in [0.4, 0.5) is 0 Å². The van der Waals surface area contributed by atoms with Gasteiger partial charge in [-0.25, -0.2) is 14.8 Å². The fourth-order valence-corrected chi connectivity index (χ4v) is 4.84. The summed E-state index contributed by atoms with van der Waals surface area (Å²) in [6, 6.07) is 19.0. The minimum absolute atomic E-state index is 0.00639. The smallest absolute Gasteiger partial charge is 0.344 e. The number of imidazole rings is 2. The first-order valence-corrected chi connectivity index (χ1v) is 13.2. The molecule has 10 nitrogen and oxygen atoms in total. The molecule has 0 aliphatic heterocycles. The van der Waals surface area contributed by atoms with Crippen molar-refractivity contribution in [2.24, 2.45) is 5.73 Å². The van der Waals surface area contributed by atoms with Gasteiger partial charge in [-0.15, -0.1) is 0 Å². The van der Waals surface area contributed by atoms with Crippen LogP contribution in [0.1, 0.15) is 54.9 Å². The molecule has 2 atom stereocenters. The molecule has 6 N–H and O–H groups in total. The van der Waals surface area contributed by atoms with E-state index in [1.807, 2.05) is 48.5 Å². The van der Waals surface area contributed by atoms with Crippen LogP contribution >= 0.6 is 0 Å². The number of carboxylic acid groups (broad SMARTS) is 1. The Morgan fingerprint density at radius 1 is 1.00 bits per heavy atom. The van der Waals surface area contributed by atoms with Crippen LogP contribution in [0, 0.1) is 5.41 Å². The van der Waals surface area contributed by atoms with E-state index >= 15 is 0 Å². The van der Waals surface area contributed by atoms with Crippen molar-refractivity contribution >= 4 is 33.9 Å². The van der Waals surface area contributed by atoms with Gasteiger partial charge in [0.1, 0.15) is 17.5 Å². The number of carbonyl (C=O) groups is 1. The Kier molecular flexibility index (Phi) is 7.68. The van der Waals surface area contributed by atoms with Crippen molar-refractivity contribution in [2.45, 2.75) is 44.6 Å². The second-order valence-electron chi connectivity index (χ2n) is 9.69. The third-order valence-electron chi connectivity index (χ3n) is 6.98. The summed E-state index contributed by atoms with van der Waals surface area (Å²) in [7, 11) is 1.55. The van der Waals surface area contributed by atoms with Crippen molar-refractivity contribution < 1.29 is 19.4 Å². The molecule has 5 aromatic rings. The Bertz CT molecular complexity index is 1640. The number of aromatic amines is 2. The summed E-state index contributed by atoms with van der Waals surface area (Å²) in [5.74, 6) is 1.41. The van der Waals surface area contributed by atoms with Crippen LogP contribution in [0.5, 0.6) is 11.5 Å². The van der Waals surface area contributed by atoms with Crippen molar-refractivity contribution in [1.29, 1.82) is 5.41 Å². The van der Waals surface area contributed by atoms with Crippen LogP contribution in [-0.4, -0.2) is 50.1 Å². The summed E-state index contributed by atoms with van der Waals surface area (Å²) in [4.78, 5) is 28.0. The van der Waals surface area contributed by atoms with Gasteiger partial charge in [0.15, 0.2) is 17.6 Å². The zero-order chi connectivity index (χ0) is 28.2. The maximum absolute atomic E-state index is 11.4. The number of fused-ring (bicyclic) bond motifs is 2. The number of amidine groups is 1. The van der Waals surface area contributed by atoms with Gasteiger partial charge in [0, 0.05) is 5.56 Å². The largest absolute Gasteiger partial charge is 0.493 e. The molecule has 0 aliphatic rings. The average molecular weight is 541 g/mol. The predicted molar refractivity (Wildman–Crippen MR) is 153 cm³/mol. The zero-order valence-electron chi connectivity index (χ0n) is 22.4. The van der Waals surface area contributed by atoms with Gasteiger partial charge in [-0.05, 0) is 73.7 Å². The highest BCUT2D eigenvalue weighted by Gasteiger charge is 2.23. The van der Waals surface area contributed by atoms with Gasteiger partial charge in [-0.2, -0.15) is 0 Å². The van der Waals surface area contributed by atoms with Gasteiger partial charge >= 0.3 is 5.97 Å². The maximum atomic E-state index is 11.4. The van der Waals surface area contributed by atoms with Gasteiger partial charge < -0.3 is 30.3 Å². The maximum Gasteiger partial charge on any atom is 0.344 e. The number of hydrogen-bond acceptors (Lipinski definition) is 6. The molecule has 2 unspecified atom stereocenters. The quantitative estimate of drug-likeness (QED) is 0.108. The van der Waals surface area contributed by atoms with E-state index in [2.05, 4.69) is 9.97 Å². The number of nitrogens with two attached hydrogens (primary N) is 1. The summed E-state index contributed by atoms with van der Waals surface area (Å²) in [6.45, 7) is 1.77. The Morgan fingerprint density at radius 2 is 1.73 bits per heavy atom. The highest BCUT2D eigenvalue weighted by Crippen LogP contribution is 2.32. The second-order valence-corrected chi connectivity index (χ2v) is 9.69. The molecule has 2 aromatic heterocycles. The molecule has 10 heteroatoms. The lowest BCUT2D eigenvalue weighted by Gasteiger charge is -2.17. The minimum atomic E-state index is -1.01. The molecule has 3 aromatic carbocycles. The van der Waals surface area contributed by atoms with Crippen molar-refractivity contribution in [3.63, 3.8) is 0 Å². The van der Waals surface area contributed by atoms with Crippen LogP contribution in [0.25, 0.3) is 22.1 Å². The van der Waals surface area contributed by atoms with E-state index in [0.717, 1.165) is 58.5 Å². The van der Waals surface area contributed by atoms with E-state index < -0.39 is 12.1 Å². The average Bonchev–Trinajstić information content (AvgIpc) is 3.57. The molecule has 0 radical (unpaired) electrons.